The van der Waals surface area contributed by atoms with E-state index in [-0.39, 0.29) is 0 Å². The predicted molar refractivity (Wildman–Crippen MR) is 117 cm³/mol. The molecule has 3 heteroatoms. The van der Waals surface area contributed by atoms with Gasteiger partial charge in [-0.25, -0.2) is 0 Å². The van der Waals surface area contributed by atoms with Gasteiger partial charge in [-0.2, -0.15) is 0 Å². The molecule has 150 valence electrons. The molecule has 2 nitrogen and oxygen atoms in total. The third-order valence-corrected chi connectivity index (χ3v) is 8.91. The molecule has 1 aromatic rings. The van der Waals surface area contributed by atoms with Crippen LogP contribution in [0.15, 0.2) is 30.3 Å². The first kappa shape index (κ1) is 19.8. The standard InChI is InChI=1S/C24H38N2S/c1-17-9-11-20-19(10-12-21-23(22(17)20)24(21,2)3)15-25-16-27-26-14-13-18-7-5-4-6-8-18/h4-8,17,19-23,25-26H,9-16H2,1-3H3. The summed E-state index contributed by atoms with van der Waals surface area (Å²) in [6.07, 6.45) is 7.00. The molecule has 0 aliphatic heterocycles. The monoisotopic (exact) mass is 386 g/mol. The maximum Gasteiger partial charge on any atom is 0.0565 e. The molecule has 3 aliphatic rings. The molecule has 3 saturated carbocycles. The maximum absolute atomic E-state index is 3.76. The Morgan fingerprint density at radius 2 is 1.89 bits per heavy atom. The Hall–Kier alpha value is -0.510. The molecule has 6 unspecified atom stereocenters. The number of hydrogen-bond acceptors (Lipinski definition) is 3. The molecule has 0 aromatic heterocycles. The van der Waals surface area contributed by atoms with Gasteiger partial charge in [0, 0.05) is 6.54 Å². The Morgan fingerprint density at radius 1 is 1.07 bits per heavy atom. The van der Waals surface area contributed by atoms with Crippen LogP contribution in [0, 0.1) is 40.9 Å². The molecule has 4 rings (SSSR count). The normalized spacial score (nSPS) is 36.7. The molecule has 0 radical (unpaired) electrons. The summed E-state index contributed by atoms with van der Waals surface area (Å²) in [6, 6.07) is 10.8. The second-order valence-electron chi connectivity index (χ2n) is 9.96. The topological polar surface area (TPSA) is 24.1 Å². The number of hydrogen-bond donors (Lipinski definition) is 2. The molecular formula is C24H38N2S. The summed E-state index contributed by atoms with van der Waals surface area (Å²) in [4.78, 5) is 0. The van der Waals surface area contributed by atoms with Gasteiger partial charge in [0.05, 0.1) is 5.88 Å². The summed E-state index contributed by atoms with van der Waals surface area (Å²) in [6.45, 7) is 9.89. The van der Waals surface area contributed by atoms with Crippen LogP contribution in [0.25, 0.3) is 0 Å². The zero-order chi connectivity index (χ0) is 18.9. The van der Waals surface area contributed by atoms with E-state index in [1.165, 1.54) is 37.8 Å². The Balaban J connectivity index is 1.17. The van der Waals surface area contributed by atoms with Crippen LogP contribution in [-0.4, -0.2) is 19.0 Å². The van der Waals surface area contributed by atoms with Crippen LogP contribution in [0.4, 0.5) is 0 Å². The van der Waals surface area contributed by atoms with Gasteiger partial charge < -0.3 is 5.32 Å². The second-order valence-corrected chi connectivity index (χ2v) is 10.8. The largest absolute Gasteiger partial charge is 0.307 e. The van der Waals surface area contributed by atoms with Crippen LogP contribution in [-0.2, 0) is 6.42 Å². The van der Waals surface area contributed by atoms with Crippen LogP contribution in [0.1, 0.15) is 52.0 Å². The lowest BCUT2D eigenvalue weighted by Crippen LogP contribution is -2.32. The number of rotatable bonds is 8. The van der Waals surface area contributed by atoms with Crippen LogP contribution in [0.5, 0.6) is 0 Å². The fourth-order valence-electron chi connectivity index (χ4n) is 6.65. The summed E-state index contributed by atoms with van der Waals surface area (Å²) in [5.41, 5.74) is 2.05. The Bertz CT molecular complexity index is 602. The van der Waals surface area contributed by atoms with E-state index in [1.807, 2.05) is 11.9 Å². The molecule has 0 amide bonds. The molecule has 6 atom stereocenters. The summed E-state index contributed by atoms with van der Waals surface area (Å²) in [5.74, 6) is 6.93. The van der Waals surface area contributed by atoms with Crippen LogP contribution < -0.4 is 10.0 Å². The quantitative estimate of drug-likeness (QED) is 0.357. The maximum atomic E-state index is 3.76. The average molecular weight is 387 g/mol. The van der Waals surface area contributed by atoms with Gasteiger partial charge in [0.25, 0.3) is 0 Å². The first-order valence-corrected chi connectivity index (χ1v) is 12.2. The highest BCUT2D eigenvalue weighted by molar-refractivity contribution is 7.97. The van der Waals surface area contributed by atoms with Gasteiger partial charge in [-0.1, -0.05) is 69.5 Å². The molecule has 2 N–H and O–H groups in total. The van der Waals surface area contributed by atoms with Crippen molar-refractivity contribution in [3.8, 4) is 0 Å². The van der Waals surface area contributed by atoms with Crippen molar-refractivity contribution in [3.63, 3.8) is 0 Å². The van der Waals surface area contributed by atoms with Crippen molar-refractivity contribution in [2.45, 2.75) is 52.9 Å². The zero-order valence-electron chi connectivity index (χ0n) is 17.4. The van der Waals surface area contributed by atoms with Crippen LogP contribution in [0.2, 0.25) is 0 Å². The highest BCUT2D eigenvalue weighted by atomic mass is 32.2. The fraction of sp³-hybridized carbons (Fsp3) is 0.750. The zero-order valence-corrected chi connectivity index (χ0v) is 18.2. The van der Waals surface area contributed by atoms with E-state index < -0.39 is 0 Å². The van der Waals surface area contributed by atoms with Gasteiger partial charge >= 0.3 is 0 Å². The molecule has 0 spiro atoms. The first-order valence-electron chi connectivity index (χ1n) is 11.2. The van der Waals surface area contributed by atoms with Crippen molar-refractivity contribution in [1.29, 1.82) is 0 Å². The van der Waals surface area contributed by atoms with E-state index in [0.717, 1.165) is 54.3 Å². The van der Waals surface area contributed by atoms with Gasteiger partial charge in [-0.05, 0) is 78.7 Å². The van der Waals surface area contributed by atoms with Gasteiger partial charge in [-0.15, -0.1) is 0 Å². The summed E-state index contributed by atoms with van der Waals surface area (Å²) in [5, 5.41) is 3.76. The second kappa shape index (κ2) is 8.47. The lowest BCUT2D eigenvalue weighted by Gasteiger charge is -2.31. The molecule has 0 heterocycles. The van der Waals surface area contributed by atoms with Gasteiger partial charge in [0.1, 0.15) is 0 Å². The third kappa shape index (κ3) is 4.26. The summed E-state index contributed by atoms with van der Waals surface area (Å²) < 4.78 is 3.52. The number of fused-ring (bicyclic) bond motifs is 3. The minimum absolute atomic E-state index is 0.637. The first-order chi connectivity index (χ1) is 13.1. The molecule has 0 bridgehead atoms. The Labute approximate surface area is 170 Å². The molecule has 3 aliphatic carbocycles. The molecule has 3 fully saturated rings. The van der Waals surface area contributed by atoms with Crippen molar-refractivity contribution in [3.05, 3.63) is 35.9 Å². The Kier molecular flexibility index (Phi) is 6.21. The van der Waals surface area contributed by atoms with Gasteiger partial charge in [-0.3, -0.25) is 4.72 Å². The van der Waals surface area contributed by atoms with E-state index in [2.05, 4.69) is 61.1 Å². The van der Waals surface area contributed by atoms with E-state index >= 15 is 0 Å². The minimum atomic E-state index is 0.637. The van der Waals surface area contributed by atoms with Crippen LogP contribution >= 0.6 is 11.9 Å². The summed E-state index contributed by atoms with van der Waals surface area (Å²) in [7, 11) is 0. The van der Waals surface area contributed by atoms with Gasteiger partial charge in [0.15, 0.2) is 0 Å². The number of benzene rings is 1. The van der Waals surface area contributed by atoms with E-state index in [0.29, 0.717) is 5.41 Å². The summed E-state index contributed by atoms with van der Waals surface area (Å²) >= 11 is 1.84. The molecule has 27 heavy (non-hydrogen) atoms. The van der Waals surface area contributed by atoms with Crippen molar-refractivity contribution in [1.82, 2.24) is 10.0 Å². The van der Waals surface area contributed by atoms with Crippen molar-refractivity contribution in [2.75, 3.05) is 19.0 Å². The van der Waals surface area contributed by atoms with Crippen LogP contribution in [0.3, 0.4) is 0 Å². The highest BCUT2D eigenvalue weighted by Crippen LogP contribution is 2.70. The SMILES string of the molecule is CC1CCC2C(CNCSNCCc3ccccc3)CCC3C(C12)C3(C)C. The van der Waals surface area contributed by atoms with Crippen molar-refractivity contribution < 1.29 is 0 Å². The lowest BCUT2D eigenvalue weighted by atomic mass is 9.76. The van der Waals surface area contributed by atoms with E-state index in [1.54, 1.807) is 0 Å². The average Bonchev–Trinajstić information content (AvgIpc) is 3.08. The lowest BCUT2D eigenvalue weighted by molar-refractivity contribution is 0.190. The molecular weight excluding hydrogens is 348 g/mol. The highest BCUT2D eigenvalue weighted by Gasteiger charge is 2.64. The van der Waals surface area contributed by atoms with Gasteiger partial charge in [0.2, 0.25) is 0 Å². The van der Waals surface area contributed by atoms with Crippen molar-refractivity contribution in [2.24, 2.45) is 40.9 Å². The number of nitrogens with one attached hydrogen (secondary N) is 2. The smallest absolute Gasteiger partial charge is 0.0565 e. The third-order valence-electron chi connectivity index (χ3n) is 8.16. The molecule has 1 aromatic carbocycles. The van der Waals surface area contributed by atoms with E-state index in [4.69, 9.17) is 0 Å². The van der Waals surface area contributed by atoms with E-state index in [9.17, 15) is 0 Å². The minimum Gasteiger partial charge on any atom is -0.307 e. The van der Waals surface area contributed by atoms with Crippen molar-refractivity contribution >= 4 is 11.9 Å². The predicted octanol–water partition coefficient (Wildman–Crippen LogP) is 5.36. The molecule has 0 saturated heterocycles. The fourth-order valence-corrected chi connectivity index (χ4v) is 7.22. The Morgan fingerprint density at radius 3 is 2.70 bits per heavy atom.